The van der Waals surface area contributed by atoms with Gasteiger partial charge < -0.3 is 20.3 Å². The van der Waals surface area contributed by atoms with E-state index in [9.17, 15) is 9.90 Å². The first kappa shape index (κ1) is 17.5. The molecule has 6 nitrogen and oxygen atoms in total. The topological polar surface area (TPSA) is 79.2 Å². The molecule has 2 aromatic rings. The Morgan fingerprint density at radius 1 is 1.32 bits per heavy atom. The van der Waals surface area contributed by atoms with Crippen molar-refractivity contribution < 1.29 is 9.90 Å². The summed E-state index contributed by atoms with van der Waals surface area (Å²) in [5, 5.41) is 15.5. The highest BCUT2D eigenvalue weighted by molar-refractivity contribution is 5.74. The van der Waals surface area contributed by atoms with E-state index in [2.05, 4.69) is 15.6 Å². The number of hydrogen-bond acceptors (Lipinski definition) is 3. The Balaban J connectivity index is 1.56. The van der Waals surface area contributed by atoms with Crippen molar-refractivity contribution >= 4 is 6.03 Å². The zero-order chi connectivity index (χ0) is 17.6. The summed E-state index contributed by atoms with van der Waals surface area (Å²) in [6.07, 6.45) is 9.54. The third-order valence-electron chi connectivity index (χ3n) is 5.00. The van der Waals surface area contributed by atoms with Crippen LogP contribution in [0.5, 0.6) is 0 Å². The van der Waals surface area contributed by atoms with Crippen LogP contribution in [0.2, 0.25) is 0 Å². The molecule has 1 aliphatic rings. The summed E-state index contributed by atoms with van der Waals surface area (Å²) >= 11 is 0. The first-order valence-electron chi connectivity index (χ1n) is 8.93. The Bertz CT molecular complexity index is 669. The van der Waals surface area contributed by atoms with Crippen molar-refractivity contribution in [3.8, 4) is 5.69 Å². The van der Waals surface area contributed by atoms with E-state index >= 15 is 0 Å². The van der Waals surface area contributed by atoms with Crippen molar-refractivity contribution in [3.05, 3.63) is 48.5 Å². The maximum Gasteiger partial charge on any atom is 0.315 e. The third kappa shape index (κ3) is 4.39. The summed E-state index contributed by atoms with van der Waals surface area (Å²) in [5.74, 6) is 0.171. The quantitative estimate of drug-likeness (QED) is 0.782. The number of nitrogens with zero attached hydrogens (tertiary/aromatic N) is 2. The van der Waals surface area contributed by atoms with Gasteiger partial charge in [-0.3, -0.25) is 0 Å². The summed E-state index contributed by atoms with van der Waals surface area (Å²) in [6, 6.07) is 7.85. The van der Waals surface area contributed by atoms with E-state index in [1.165, 1.54) is 0 Å². The normalized spacial score (nSPS) is 21.5. The minimum Gasteiger partial charge on any atom is -0.396 e. The second-order valence-corrected chi connectivity index (χ2v) is 6.73. The Labute approximate surface area is 148 Å². The molecule has 0 bridgehead atoms. The van der Waals surface area contributed by atoms with Gasteiger partial charge in [-0.25, -0.2) is 9.78 Å². The number of imidazole rings is 1. The van der Waals surface area contributed by atoms with E-state index in [4.69, 9.17) is 0 Å². The molecule has 3 rings (SSSR count). The van der Waals surface area contributed by atoms with Crippen LogP contribution in [0.3, 0.4) is 0 Å². The maximum absolute atomic E-state index is 12.3. The van der Waals surface area contributed by atoms with E-state index in [1.54, 1.807) is 12.5 Å². The lowest BCUT2D eigenvalue weighted by Crippen LogP contribution is -2.48. The fraction of sp³-hybridized carbons (Fsp3) is 0.474. The summed E-state index contributed by atoms with van der Waals surface area (Å²) in [6.45, 7) is 2.10. The van der Waals surface area contributed by atoms with Gasteiger partial charge in [0.05, 0.1) is 12.4 Å². The molecule has 134 valence electrons. The Kier molecular flexibility index (Phi) is 5.71. The number of aliphatic hydroxyl groups is 1. The number of amides is 2. The molecule has 1 heterocycles. The van der Waals surface area contributed by atoms with Crippen molar-refractivity contribution in [2.24, 2.45) is 5.92 Å². The first-order chi connectivity index (χ1) is 12.2. The number of carbonyl (C=O) groups is 1. The van der Waals surface area contributed by atoms with Crippen LogP contribution in [0, 0.1) is 5.92 Å². The van der Waals surface area contributed by atoms with Crippen LogP contribution in [0.25, 0.3) is 5.69 Å². The van der Waals surface area contributed by atoms with E-state index < -0.39 is 0 Å². The minimum absolute atomic E-state index is 0.0644. The number of benzene rings is 1. The molecule has 2 amide bonds. The SMILES string of the molecule is CC(NC(=O)NC1CCCCC1CO)c1ccc(-n2ccnc2)cc1. The standard InChI is InChI=1S/C19H26N4O2/c1-14(15-6-8-17(9-7-15)23-11-10-20-13-23)21-19(25)22-18-5-3-2-4-16(18)12-24/h6-11,13-14,16,18,24H,2-5,12H2,1H3,(H2,21,22,25). The van der Waals surface area contributed by atoms with Gasteiger partial charge in [-0.15, -0.1) is 0 Å². The van der Waals surface area contributed by atoms with Gasteiger partial charge >= 0.3 is 6.03 Å². The zero-order valence-corrected chi connectivity index (χ0v) is 14.6. The number of carbonyl (C=O) groups excluding carboxylic acids is 1. The van der Waals surface area contributed by atoms with Gasteiger partial charge in [-0.1, -0.05) is 25.0 Å². The smallest absolute Gasteiger partial charge is 0.315 e. The molecule has 3 atom stereocenters. The van der Waals surface area contributed by atoms with Crippen LogP contribution in [0.15, 0.2) is 43.0 Å². The van der Waals surface area contributed by atoms with Crippen LogP contribution in [0.4, 0.5) is 4.79 Å². The number of rotatable bonds is 5. The average molecular weight is 342 g/mol. The molecule has 3 N–H and O–H groups in total. The van der Waals surface area contributed by atoms with Gasteiger partial charge in [-0.2, -0.15) is 0 Å². The van der Waals surface area contributed by atoms with E-state index in [-0.39, 0.29) is 30.6 Å². The number of aliphatic hydroxyl groups excluding tert-OH is 1. The second-order valence-electron chi connectivity index (χ2n) is 6.73. The van der Waals surface area contributed by atoms with Crippen LogP contribution in [-0.2, 0) is 0 Å². The second kappa shape index (κ2) is 8.16. The molecule has 1 fully saturated rings. The highest BCUT2D eigenvalue weighted by Crippen LogP contribution is 2.24. The zero-order valence-electron chi connectivity index (χ0n) is 14.6. The lowest BCUT2D eigenvalue weighted by Gasteiger charge is -2.31. The largest absolute Gasteiger partial charge is 0.396 e. The lowest BCUT2D eigenvalue weighted by molar-refractivity contribution is 0.153. The fourth-order valence-corrected chi connectivity index (χ4v) is 3.45. The van der Waals surface area contributed by atoms with E-state index in [0.29, 0.717) is 0 Å². The van der Waals surface area contributed by atoms with E-state index in [1.807, 2.05) is 42.0 Å². The number of urea groups is 1. The van der Waals surface area contributed by atoms with Crippen molar-refractivity contribution in [1.82, 2.24) is 20.2 Å². The average Bonchev–Trinajstić information content (AvgIpc) is 3.17. The molecule has 6 heteroatoms. The van der Waals surface area contributed by atoms with Gasteiger partial charge in [0.25, 0.3) is 0 Å². The molecular weight excluding hydrogens is 316 g/mol. The molecule has 25 heavy (non-hydrogen) atoms. The summed E-state index contributed by atoms with van der Waals surface area (Å²) in [5.41, 5.74) is 2.08. The molecule has 1 saturated carbocycles. The van der Waals surface area contributed by atoms with Gasteiger partial charge in [0.1, 0.15) is 0 Å². The van der Waals surface area contributed by atoms with Crippen LogP contribution >= 0.6 is 0 Å². The molecule has 0 spiro atoms. The number of aromatic nitrogens is 2. The van der Waals surface area contributed by atoms with Crippen LogP contribution in [0.1, 0.15) is 44.2 Å². The summed E-state index contributed by atoms with van der Waals surface area (Å²) < 4.78 is 1.94. The van der Waals surface area contributed by atoms with Crippen LogP contribution in [-0.4, -0.2) is 33.3 Å². The van der Waals surface area contributed by atoms with Gasteiger partial charge in [0, 0.05) is 36.6 Å². The van der Waals surface area contributed by atoms with Crippen LogP contribution < -0.4 is 10.6 Å². The first-order valence-corrected chi connectivity index (χ1v) is 8.93. The fourth-order valence-electron chi connectivity index (χ4n) is 3.45. The van der Waals surface area contributed by atoms with Crippen molar-refractivity contribution in [2.45, 2.75) is 44.7 Å². The molecule has 1 aromatic heterocycles. The molecule has 1 aliphatic carbocycles. The van der Waals surface area contributed by atoms with Gasteiger partial charge in [0.15, 0.2) is 0 Å². The number of nitrogens with one attached hydrogen (secondary N) is 2. The molecule has 0 saturated heterocycles. The predicted molar refractivity (Wildman–Crippen MR) is 96.5 cm³/mol. The maximum atomic E-state index is 12.3. The highest BCUT2D eigenvalue weighted by atomic mass is 16.3. The van der Waals surface area contributed by atoms with E-state index in [0.717, 1.165) is 36.9 Å². The van der Waals surface area contributed by atoms with Crippen molar-refractivity contribution in [2.75, 3.05) is 6.61 Å². The Hall–Kier alpha value is -2.34. The Morgan fingerprint density at radius 2 is 2.08 bits per heavy atom. The highest BCUT2D eigenvalue weighted by Gasteiger charge is 2.26. The Morgan fingerprint density at radius 3 is 2.76 bits per heavy atom. The van der Waals surface area contributed by atoms with Gasteiger partial charge in [0.2, 0.25) is 0 Å². The molecule has 0 radical (unpaired) electrons. The van der Waals surface area contributed by atoms with Gasteiger partial charge in [-0.05, 0) is 37.5 Å². The molecule has 0 aliphatic heterocycles. The van der Waals surface area contributed by atoms with Crippen molar-refractivity contribution in [1.29, 1.82) is 0 Å². The summed E-state index contributed by atoms with van der Waals surface area (Å²) in [4.78, 5) is 16.3. The molecular formula is C19H26N4O2. The lowest BCUT2D eigenvalue weighted by atomic mass is 9.85. The molecule has 3 unspecified atom stereocenters. The predicted octanol–water partition coefficient (Wildman–Crippen LogP) is 2.78. The summed E-state index contributed by atoms with van der Waals surface area (Å²) in [7, 11) is 0. The monoisotopic (exact) mass is 342 g/mol. The number of hydrogen-bond donors (Lipinski definition) is 3. The minimum atomic E-state index is -0.170. The van der Waals surface area contributed by atoms with Crippen molar-refractivity contribution in [3.63, 3.8) is 0 Å². The third-order valence-corrected chi connectivity index (χ3v) is 5.00. The molecule has 1 aromatic carbocycles.